The molecular weight excluding hydrogens is 388 g/mol. The van der Waals surface area contributed by atoms with Crippen LogP contribution < -0.4 is 15.0 Å². The molecule has 0 spiro atoms. The van der Waals surface area contributed by atoms with Gasteiger partial charge in [0, 0.05) is 18.5 Å². The molecule has 0 aromatic heterocycles. The Morgan fingerprint density at radius 1 is 1.03 bits per heavy atom. The SMILES string of the molecule is CC(C)(C)c1ccc(OCCCC(=O)NCc2ccccc2C[NH+]2CCOCC2)cc1. The average molecular weight is 426 g/mol. The van der Waals surface area contributed by atoms with Crippen molar-refractivity contribution in [3.05, 3.63) is 65.2 Å². The number of nitrogens with one attached hydrogen (secondary N) is 2. The number of morpholine rings is 1. The first-order valence-corrected chi connectivity index (χ1v) is 11.4. The van der Waals surface area contributed by atoms with Crippen molar-refractivity contribution in [2.75, 3.05) is 32.9 Å². The van der Waals surface area contributed by atoms with E-state index >= 15 is 0 Å². The van der Waals surface area contributed by atoms with Gasteiger partial charge < -0.3 is 19.7 Å². The molecule has 1 aliphatic rings. The van der Waals surface area contributed by atoms with E-state index < -0.39 is 0 Å². The topological polar surface area (TPSA) is 52.0 Å². The third-order valence-corrected chi connectivity index (χ3v) is 5.77. The number of benzene rings is 2. The smallest absolute Gasteiger partial charge is 0.220 e. The Morgan fingerprint density at radius 3 is 2.39 bits per heavy atom. The number of rotatable bonds is 9. The van der Waals surface area contributed by atoms with Gasteiger partial charge in [0.1, 0.15) is 25.4 Å². The molecule has 1 aliphatic heterocycles. The van der Waals surface area contributed by atoms with Crippen LogP contribution in [0.1, 0.15) is 50.3 Å². The van der Waals surface area contributed by atoms with Crippen LogP contribution in [0.2, 0.25) is 0 Å². The molecule has 1 heterocycles. The lowest BCUT2D eigenvalue weighted by Gasteiger charge is -2.24. The van der Waals surface area contributed by atoms with Crippen molar-refractivity contribution in [2.45, 2.75) is 52.1 Å². The third kappa shape index (κ3) is 7.67. The van der Waals surface area contributed by atoms with Crippen LogP contribution in [0.25, 0.3) is 0 Å². The van der Waals surface area contributed by atoms with Crippen LogP contribution in [0.15, 0.2) is 48.5 Å². The summed E-state index contributed by atoms with van der Waals surface area (Å²) in [5, 5.41) is 3.07. The predicted octanol–water partition coefficient (Wildman–Crippen LogP) is 2.87. The zero-order chi connectivity index (χ0) is 22.1. The van der Waals surface area contributed by atoms with Gasteiger partial charge in [0.05, 0.1) is 19.8 Å². The van der Waals surface area contributed by atoms with Gasteiger partial charge in [-0.25, -0.2) is 0 Å². The summed E-state index contributed by atoms with van der Waals surface area (Å²) in [6.45, 7) is 12.4. The summed E-state index contributed by atoms with van der Waals surface area (Å²) in [5.41, 5.74) is 3.93. The second-order valence-corrected chi connectivity index (χ2v) is 9.31. The first-order valence-electron chi connectivity index (χ1n) is 11.4. The molecule has 0 bridgehead atoms. The van der Waals surface area contributed by atoms with E-state index in [9.17, 15) is 4.79 Å². The van der Waals surface area contributed by atoms with Gasteiger partial charge in [-0.15, -0.1) is 0 Å². The highest BCUT2D eigenvalue weighted by molar-refractivity contribution is 5.75. The maximum absolute atomic E-state index is 12.3. The highest BCUT2D eigenvalue weighted by atomic mass is 16.5. The molecule has 0 radical (unpaired) electrons. The molecule has 5 heteroatoms. The summed E-state index contributed by atoms with van der Waals surface area (Å²) in [5.74, 6) is 0.924. The minimum atomic E-state index is 0.0696. The summed E-state index contributed by atoms with van der Waals surface area (Å²) in [6, 6.07) is 16.6. The van der Waals surface area contributed by atoms with Crippen molar-refractivity contribution in [3.8, 4) is 5.75 Å². The number of amides is 1. The lowest BCUT2D eigenvalue weighted by atomic mass is 9.87. The van der Waals surface area contributed by atoms with E-state index in [-0.39, 0.29) is 11.3 Å². The van der Waals surface area contributed by atoms with Gasteiger partial charge in [-0.2, -0.15) is 0 Å². The van der Waals surface area contributed by atoms with E-state index in [4.69, 9.17) is 9.47 Å². The minimum absolute atomic E-state index is 0.0696. The highest BCUT2D eigenvalue weighted by Gasteiger charge is 2.16. The third-order valence-electron chi connectivity index (χ3n) is 5.77. The molecular formula is C26H37N2O3+. The largest absolute Gasteiger partial charge is 0.494 e. The fraction of sp³-hybridized carbons (Fsp3) is 0.500. The van der Waals surface area contributed by atoms with Crippen LogP contribution in [0.5, 0.6) is 5.75 Å². The average Bonchev–Trinajstić information content (AvgIpc) is 2.76. The van der Waals surface area contributed by atoms with Gasteiger partial charge in [-0.1, -0.05) is 57.2 Å². The molecule has 1 amide bonds. The molecule has 0 saturated carbocycles. The molecule has 0 aliphatic carbocycles. The van der Waals surface area contributed by atoms with Gasteiger partial charge in [0.15, 0.2) is 0 Å². The Morgan fingerprint density at radius 2 is 1.71 bits per heavy atom. The number of hydrogen-bond donors (Lipinski definition) is 2. The van der Waals surface area contributed by atoms with E-state index in [0.717, 1.165) is 38.6 Å². The normalized spacial score (nSPS) is 14.9. The zero-order valence-electron chi connectivity index (χ0n) is 19.2. The fourth-order valence-corrected chi connectivity index (χ4v) is 3.76. The highest BCUT2D eigenvalue weighted by Crippen LogP contribution is 2.24. The second-order valence-electron chi connectivity index (χ2n) is 9.31. The van der Waals surface area contributed by atoms with E-state index in [0.29, 0.717) is 26.0 Å². The van der Waals surface area contributed by atoms with Crippen molar-refractivity contribution in [1.82, 2.24) is 5.32 Å². The molecule has 5 nitrogen and oxygen atoms in total. The van der Waals surface area contributed by atoms with Crippen LogP contribution in [0.3, 0.4) is 0 Å². The quantitative estimate of drug-likeness (QED) is 0.608. The van der Waals surface area contributed by atoms with Crippen LogP contribution >= 0.6 is 0 Å². The Balaban J connectivity index is 1.38. The van der Waals surface area contributed by atoms with Gasteiger partial charge in [-0.05, 0) is 35.1 Å². The van der Waals surface area contributed by atoms with Crippen molar-refractivity contribution < 1.29 is 19.2 Å². The summed E-state index contributed by atoms with van der Waals surface area (Å²) in [4.78, 5) is 13.8. The monoisotopic (exact) mass is 425 g/mol. The Hall–Kier alpha value is -2.37. The number of carbonyl (C=O) groups excluding carboxylic acids is 1. The number of carbonyl (C=O) groups is 1. The summed E-state index contributed by atoms with van der Waals surface area (Å²) >= 11 is 0. The molecule has 2 aromatic carbocycles. The Labute approximate surface area is 186 Å². The molecule has 168 valence electrons. The second kappa shape index (κ2) is 11.3. The van der Waals surface area contributed by atoms with E-state index in [1.807, 2.05) is 18.2 Å². The molecule has 2 N–H and O–H groups in total. The fourth-order valence-electron chi connectivity index (χ4n) is 3.76. The minimum Gasteiger partial charge on any atom is -0.494 e. The molecule has 31 heavy (non-hydrogen) atoms. The lowest BCUT2D eigenvalue weighted by molar-refractivity contribution is -0.921. The lowest BCUT2D eigenvalue weighted by Crippen LogP contribution is -3.12. The summed E-state index contributed by atoms with van der Waals surface area (Å²) in [6.07, 6.45) is 1.17. The van der Waals surface area contributed by atoms with Gasteiger partial charge >= 0.3 is 0 Å². The molecule has 1 saturated heterocycles. The molecule has 1 fully saturated rings. The first kappa shape index (κ1) is 23.3. The summed E-state index contributed by atoms with van der Waals surface area (Å²) in [7, 11) is 0. The Bertz CT molecular complexity index is 821. The van der Waals surface area contributed by atoms with Crippen LogP contribution in [0.4, 0.5) is 0 Å². The first-order chi connectivity index (χ1) is 14.9. The van der Waals surface area contributed by atoms with E-state index in [1.165, 1.54) is 21.6 Å². The maximum Gasteiger partial charge on any atom is 0.220 e. The maximum atomic E-state index is 12.3. The van der Waals surface area contributed by atoms with Crippen molar-refractivity contribution >= 4 is 5.91 Å². The van der Waals surface area contributed by atoms with E-state index in [1.54, 1.807) is 0 Å². The molecule has 2 aromatic rings. The number of quaternary nitrogens is 1. The molecule has 3 rings (SSSR count). The molecule has 0 atom stereocenters. The van der Waals surface area contributed by atoms with Crippen LogP contribution in [0, 0.1) is 0 Å². The van der Waals surface area contributed by atoms with Crippen molar-refractivity contribution in [3.63, 3.8) is 0 Å². The van der Waals surface area contributed by atoms with Crippen molar-refractivity contribution in [1.29, 1.82) is 0 Å². The predicted molar refractivity (Wildman–Crippen MR) is 123 cm³/mol. The number of hydrogen-bond acceptors (Lipinski definition) is 3. The van der Waals surface area contributed by atoms with E-state index in [2.05, 4.69) is 56.4 Å². The molecule has 0 unspecified atom stereocenters. The zero-order valence-corrected chi connectivity index (χ0v) is 19.2. The van der Waals surface area contributed by atoms with Gasteiger partial charge in [0.25, 0.3) is 0 Å². The Kier molecular flexibility index (Phi) is 8.50. The summed E-state index contributed by atoms with van der Waals surface area (Å²) < 4.78 is 11.2. The number of ether oxygens (including phenoxy) is 2. The van der Waals surface area contributed by atoms with Crippen LogP contribution in [-0.2, 0) is 28.0 Å². The standard InChI is InChI=1S/C26H36N2O3/c1-26(2,3)23-10-12-24(13-11-23)31-16-6-9-25(29)27-19-21-7-4-5-8-22(21)20-28-14-17-30-18-15-28/h4-5,7-8,10-13H,6,9,14-20H2,1-3H3,(H,27,29)/p+1. The van der Waals surface area contributed by atoms with Crippen LogP contribution in [-0.4, -0.2) is 38.8 Å². The van der Waals surface area contributed by atoms with Gasteiger partial charge in [0.2, 0.25) is 5.91 Å². The van der Waals surface area contributed by atoms with Crippen molar-refractivity contribution in [2.24, 2.45) is 0 Å². The van der Waals surface area contributed by atoms with Gasteiger partial charge in [-0.3, -0.25) is 4.79 Å².